The number of nitriles is 1. The van der Waals surface area contributed by atoms with E-state index in [-0.39, 0.29) is 12.5 Å². The number of piperidine rings is 1. The highest BCUT2D eigenvalue weighted by Gasteiger charge is 2.18. The fraction of sp³-hybridized carbons (Fsp3) is 0.333. The van der Waals surface area contributed by atoms with Crippen molar-refractivity contribution >= 4 is 11.6 Å². The summed E-state index contributed by atoms with van der Waals surface area (Å²) in [7, 11) is 0. The quantitative estimate of drug-likeness (QED) is 0.870. The molecule has 0 aromatic heterocycles. The summed E-state index contributed by atoms with van der Waals surface area (Å²) in [4.78, 5) is 14.8. The van der Waals surface area contributed by atoms with E-state index in [9.17, 15) is 9.90 Å². The van der Waals surface area contributed by atoms with Gasteiger partial charge in [-0.2, -0.15) is 5.26 Å². The number of amides is 1. The van der Waals surface area contributed by atoms with Gasteiger partial charge in [0.1, 0.15) is 0 Å². The number of nitrogens with zero attached hydrogens (tertiary/aromatic N) is 2. The van der Waals surface area contributed by atoms with Crippen LogP contribution in [0, 0.1) is 17.2 Å². The predicted molar refractivity (Wildman–Crippen MR) is 101 cm³/mol. The second kappa shape index (κ2) is 8.61. The first-order valence-corrected chi connectivity index (χ1v) is 8.91. The van der Waals surface area contributed by atoms with E-state index in [0.29, 0.717) is 17.0 Å². The molecule has 0 aliphatic carbocycles. The van der Waals surface area contributed by atoms with E-state index < -0.39 is 0 Å². The lowest BCUT2D eigenvalue weighted by Crippen LogP contribution is -2.34. The standard InChI is InChI=1S/C21H23N3O2/c22-13-17-3-1-5-19(11-17)21(26)23-20-6-2-4-18(12-20)14-24-9-7-16(15-25)8-10-24/h1-6,11-12,16,25H,7-10,14-15H2,(H,23,26). The smallest absolute Gasteiger partial charge is 0.255 e. The first-order valence-electron chi connectivity index (χ1n) is 8.91. The summed E-state index contributed by atoms with van der Waals surface area (Å²) >= 11 is 0. The summed E-state index contributed by atoms with van der Waals surface area (Å²) in [6, 6.07) is 16.6. The number of likely N-dealkylation sites (tertiary alicyclic amines) is 1. The molecule has 0 unspecified atom stereocenters. The number of nitrogens with one attached hydrogen (secondary N) is 1. The predicted octanol–water partition coefficient (Wildman–Crippen LogP) is 3.01. The Morgan fingerprint density at radius 1 is 1.19 bits per heavy atom. The minimum absolute atomic E-state index is 0.219. The zero-order valence-electron chi connectivity index (χ0n) is 14.7. The summed E-state index contributed by atoms with van der Waals surface area (Å²) in [6.45, 7) is 3.10. The maximum absolute atomic E-state index is 12.4. The first kappa shape index (κ1) is 18.1. The Morgan fingerprint density at radius 3 is 2.69 bits per heavy atom. The molecule has 1 fully saturated rings. The van der Waals surface area contributed by atoms with E-state index in [2.05, 4.69) is 16.3 Å². The van der Waals surface area contributed by atoms with Gasteiger partial charge in [0.05, 0.1) is 11.6 Å². The van der Waals surface area contributed by atoms with Crippen molar-refractivity contribution < 1.29 is 9.90 Å². The maximum Gasteiger partial charge on any atom is 0.255 e. The van der Waals surface area contributed by atoms with Crippen molar-refractivity contribution in [2.24, 2.45) is 5.92 Å². The van der Waals surface area contributed by atoms with Gasteiger partial charge in [-0.1, -0.05) is 18.2 Å². The second-order valence-electron chi connectivity index (χ2n) is 6.75. The minimum atomic E-state index is -0.219. The van der Waals surface area contributed by atoms with Crippen LogP contribution in [0.15, 0.2) is 48.5 Å². The van der Waals surface area contributed by atoms with Gasteiger partial charge in [-0.25, -0.2) is 0 Å². The molecule has 0 atom stereocenters. The van der Waals surface area contributed by atoms with Crippen molar-refractivity contribution in [2.75, 3.05) is 25.0 Å². The van der Waals surface area contributed by atoms with E-state index >= 15 is 0 Å². The van der Waals surface area contributed by atoms with Gasteiger partial charge in [-0.15, -0.1) is 0 Å². The number of aliphatic hydroxyl groups excluding tert-OH is 1. The largest absolute Gasteiger partial charge is 0.396 e. The number of carbonyl (C=O) groups excluding carboxylic acids is 1. The molecule has 0 spiro atoms. The zero-order valence-corrected chi connectivity index (χ0v) is 14.7. The van der Waals surface area contributed by atoms with E-state index in [0.717, 1.165) is 43.7 Å². The summed E-state index contributed by atoms with van der Waals surface area (Å²) in [5, 5.41) is 21.1. The van der Waals surface area contributed by atoms with Crippen molar-refractivity contribution in [1.82, 2.24) is 4.90 Å². The Balaban J connectivity index is 1.62. The summed E-state index contributed by atoms with van der Waals surface area (Å²) in [5.74, 6) is 0.212. The van der Waals surface area contributed by atoms with Gasteiger partial charge in [0.25, 0.3) is 5.91 Å². The molecule has 0 bridgehead atoms. The molecular weight excluding hydrogens is 326 g/mol. The normalized spacial score (nSPS) is 15.4. The van der Waals surface area contributed by atoms with Crippen LogP contribution in [0.3, 0.4) is 0 Å². The fourth-order valence-electron chi connectivity index (χ4n) is 3.27. The molecule has 3 rings (SSSR count). The van der Waals surface area contributed by atoms with Crippen LogP contribution in [-0.2, 0) is 6.54 Å². The Labute approximate surface area is 153 Å². The highest BCUT2D eigenvalue weighted by molar-refractivity contribution is 6.04. The number of carbonyl (C=O) groups is 1. The third-order valence-electron chi connectivity index (χ3n) is 4.81. The molecule has 2 aromatic carbocycles. The number of anilines is 1. The number of benzene rings is 2. The lowest BCUT2D eigenvalue weighted by molar-refractivity contribution is 0.102. The second-order valence-corrected chi connectivity index (χ2v) is 6.75. The molecule has 2 N–H and O–H groups in total. The van der Waals surface area contributed by atoms with Gasteiger partial charge in [0.2, 0.25) is 0 Å². The Morgan fingerprint density at radius 2 is 1.96 bits per heavy atom. The molecule has 0 radical (unpaired) electrons. The summed E-state index contributed by atoms with van der Waals surface area (Å²) in [6.07, 6.45) is 2.06. The van der Waals surface area contributed by atoms with Crippen molar-refractivity contribution in [2.45, 2.75) is 19.4 Å². The van der Waals surface area contributed by atoms with Crippen LogP contribution in [0.1, 0.15) is 34.3 Å². The molecule has 134 valence electrons. The van der Waals surface area contributed by atoms with E-state index in [1.165, 1.54) is 0 Å². The summed E-state index contributed by atoms with van der Waals surface area (Å²) < 4.78 is 0. The van der Waals surface area contributed by atoms with Crippen molar-refractivity contribution in [3.05, 3.63) is 65.2 Å². The molecule has 0 saturated carbocycles. The molecule has 1 saturated heterocycles. The van der Waals surface area contributed by atoms with Crippen LogP contribution in [0.4, 0.5) is 5.69 Å². The molecule has 5 nitrogen and oxygen atoms in total. The summed E-state index contributed by atoms with van der Waals surface area (Å²) in [5.41, 5.74) is 2.84. The van der Waals surface area contributed by atoms with Gasteiger partial charge in [-0.05, 0) is 67.7 Å². The third-order valence-corrected chi connectivity index (χ3v) is 4.81. The van der Waals surface area contributed by atoms with Crippen LogP contribution < -0.4 is 5.32 Å². The third kappa shape index (κ3) is 4.69. The average Bonchev–Trinajstić information content (AvgIpc) is 2.69. The molecular formula is C21H23N3O2. The molecule has 1 aliphatic rings. The van der Waals surface area contributed by atoms with Gasteiger partial charge < -0.3 is 10.4 Å². The maximum atomic E-state index is 12.4. The molecule has 1 heterocycles. The minimum Gasteiger partial charge on any atom is -0.396 e. The molecule has 5 heteroatoms. The lowest BCUT2D eigenvalue weighted by atomic mass is 9.97. The molecule has 1 aliphatic heterocycles. The highest BCUT2D eigenvalue weighted by atomic mass is 16.3. The van der Waals surface area contributed by atoms with Crippen LogP contribution >= 0.6 is 0 Å². The van der Waals surface area contributed by atoms with Gasteiger partial charge in [0, 0.05) is 24.4 Å². The lowest BCUT2D eigenvalue weighted by Gasteiger charge is -2.31. The number of hydrogen-bond acceptors (Lipinski definition) is 4. The first-order chi connectivity index (χ1) is 12.7. The number of rotatable bonds is 5. The monoisotopic (exact) mass is 349 g/mol. The van der Waals surface area contributed by atoms with Crippen LogP contribution in [0.5, 0.6) is 0 Å². The number of hydrogen-bond donors (Lipinski definition) is 2. The van der Waals surface area contributed by atoms with Crippen LogP contribution in [0.2, 0.25) is 0 Å². The fourth-order valence-corrected chi connectivity index (χ4v) is 3.27. The average molecular weight is 349 g/mol. The highest BCUT2D eigenvalue weighted by Crippen LogP contribution is 2.20. The van der Waals surface area contributed by atoms with Gasteiger partial charge >= 0.3 is 0 Å². The van der Waals surface area contributed by atoms with Crippen molar-refractivity contribution in [3.63, 3.8) is 0 Å². The zero-order chi connectivity index (χ0) is 18.4. The Kier molecular flexibility index (Phi) is 6.00. The number of aliphatic hydroxyl groups is 1. The van der Waals surface area contributed by atoms with Crippen LogP contribution in [-0.4, -0.2) is 35.6 Å². The van der Waals surface area contributed by atoms with E-state index in [4.69, 9.17) is 5.26 Å². The van der Waals surface area contributed by atoms with Gasteiger partial charge in [0.15, 0.2) is 0 Å². The Hall–Kier alpha value is -2.68. The SMILES string of the molecule is N#Cc1cccc(C(=O)Nc2cccc(CN3CCC(CO)CC3)c2)c1. The van der Waals surface area contributed by atoms with Crippen LogP contribution in [0.25, 0.3) is 0 Å². The van der Waals surface area contributed by atoms with E-state index in [1.54, 1.807) is 24.3 Å². The van der Waals surface area contributed by atoms with Gasteiger partial charge in [-0.3, -0.25) is 9.69 Å². The molecule has 2 aromatic rings. The van der Waals surface area contributed by atoms with Crippen molar-refractivity contribution in [3.8, 4) is 6.07 Å². The molecule has 1 amide bonds. The van der Waals surface area contributed by atoms with E-state index in [1.807, 2.05) is 24.3 Å². The molecule has 26 heavy (non-hydrogen) atoms. The Bertz CT molecular complexity index is 805. The van der Waals surface area contributed by atoms with Crippen molar-refractivity contribution in [1.29, 1.82) is 5.26 Å². The topological polar surface area (TPSA) is 76.4 Å².